The summed E-state index contributed by atoms with van der Waals surface area (Å²) in [6.45, 7) is 6.66. The maximum absolute atomic E-state index is 12.7. The minimum Gasteiger partial charge on any atom is -0.485 e. The fourth-order valence-electron chi connectivity index (χ4n) is 3.06. The molecule has 3 aromatic rings. The molecular formula is C24H28N4O2. The van der Waals surface area contributed by atoms with Crippen LogP contribution in [0, 0.1) is 0 Å². The number of pyridine rings is 2. The van der Waals surface area contributed by atoms with Gasteiger partial charge in [0.25, 0.3) is 5.91 Å². The van der Waals surface area contributed by atoms with E-state index in [2.05, 4.69) is 34.0 Å². The first kappa shape index (κ1) is 21.3. The van der Waals surface area contributed by atoms with Crippen LogP contribution in [0.3, 0.4) is 0 Å². The van der Waals surface area contributed by atoms with E-state index in [0.717, 1.165) is 37.2 Å². The van der Waals surface area contributed by atoms with Crippen LogP contribution in [0.2, 0.25) is 0 Å². The van der Waals surface area contributed by atoms with Crippen molar-refractivity contribution in [1.82, 2.24) is 9.97 Å². The molecule has 1 aromatic carbocycles. The predicted octanol–water partition coefficient (Wildman–Crippen LogP) is 4.93. The number of hydrogen-bond donors (Lipinski definition) is 1. The van der Waals surface area contributed by atoms with E-state index < -0.39 is 0 Å². The minimum absolute atomic E-state index is 0.217. The van der Waals surface area contributed by atoms with Gasteiger partial charge in [0.1, 0.15) is 6.61 Å². The second-order valence-electron chi connectivity index (χ2n) is 6.93. The van der Waals surface area contributed by atoms with Gasteiger partial charge in [-0.15, -0.1) is 0 Å². The fourth-order valence-corrected chi connectivity index (χ4v) is 3.06. The van der Waals surface area contributed by atoms with E-state index in [1.807, 2.05) is 36.4 Å². The molecule has 0 bridgehead atoms. The number of hydrogen-bond acceptors (Lipinski definition) is 5. The van der Waals surface area contributed by atoms with Crippen molar-refractivity contribution in [2.75, 3.05) is 23.3 Å². The summed E-state index contributed by atoms with van der Waals surface area (Å²) < 4.78 is 5.85. The molecule has 156 valence electrons. The number of amides is 1. The molecule has 0 aliphatic heterocycles. The van der Waals surface area contributed by atoms with Crippen LogP contribution in [0.4, 0.5) is 11.5 Å². The molecule has 0 saturated heterocycles. The van der Waals surface area contributed by atoms with E-state index in [9.17, 15) is 4.79 Å². The number of ether oxygens (including phenoxy) is 1. The van der Waals surface area contributed by atoms with E-state index in [4.69, 9.17) is 4.74 Å². The Morgan fingerprint density at radius 3 is 2.50 bits per heavy atom. The van der Waals surface area contributed by atoms with Crippen molar-refractivity contribution in [2.45, 2.75) is 33.3 Å². The maximum Gasteiger partial charge on any atom is 0.256 e. The number of anilines is 2. The number of carbonyl (C=O) groups excluding carboxylic acids is 1. The van der Waals surface area contributed by atoms with Crippen LogP contribution in [0.1, 0.15) is 42.6 Å². The lowest BCUT2D eigenvalue weighted by molar-refractivity contribution is 0.102. The van der Waals surface area contributed by atoms with Crippen LogP contribution in [-0.4, -0.2) is 29.0 Å². The van der Waals surface area contributed by atoms with Crippen molar-refractivity contribution in [1.29, 1.82) is 0 Å². The maximum atomic E-state index is 12.7. The van der Waals surface area contributed by atoms with E-state index >= 15 is 0 Å². The van der Waals surface area contributed by atoms with E-state index in [1.165, 1.54) is 0 Å². The molecule has 0 unspecified atom stereocenters. The van der Waals surface area contributed by atoms with Gasteiger partial charge in [-0.2, -0.15) is 0 Å². The highest BCUT2D eigenvalue weighted by molar-refractivity contribution is 6.04. The van der Waals surface area contributed by atoms with Crippen molar-refractivity contribution >= 4 is 17.4 Å². The lowest BCUT2D eigenvalue weighted by Gasteiger charge is -2.23. The standard InChI is InChI=1S/C24H28N4O2/c1-3-5-17-28(4-2)21-10-8-20(9-11-21)24(29)27-23-22(7-6-14-26-23)30-18-19-12-15-25-16-13-19/h6-16H,3-5,17-18H2,1-2H3,(H,26,27,29). The number of nitrogens with zero attached hydrogens (tertiary/aromatic N) is 3. The smallest absolute Gasteiger partial charge is 0.256 e. The van der Waals surface area contributed by atoms with Gasteiger partial charge >= 0.3 is 0 Å². The van der Waals surface area contributed by atoms with Crippen molar-refractivity contribution in [2.24, 2.45) is 0 Å². The molecule has 6 heteroatoms. The van der Waals surface area contributed by atoms with E-state index in [-0.39, 0.29) is 5.91 Å². The third-order valence-corrected chi connectivity index (χ3v) is 4.80. The van der Waals surface area contributed by atoms with Gasteiger partial charge in [0.05, 0.1) is 0 Å². The number of rotatable bonds is 10. The Kier molecular flexibility index (Phi) is 7.78. The van der Waals surface area contributed by atoms with Crippen LogP contribution in [0.25, 0.3) is 0 Å². The molecule has 2 heterocycles. The first-order valence-corrected chi connectivity index (χ1v) is 10.3. The monoisotopic (exact) mass is 404 g/mol. The van der Waals surface area contributed by atoms with Crippen LogP contribution in [-0.2, 0) is 6.61 Å². The Morgan fingerprint density at radius 2 is 1.80 bits per heavy atom. The average Bonchev–Trinajstić information content (AvgIpc) is 2.80. The van der Waals surface area contributed by atoms with Crippen molar-refractivity contribution in [3.05, 3.63) is 78.2 Å². The lowest BCUT2D eigenvalue weighted by Crippen LogP contribution is -2.23. The summed E-state index contributed by atoms with van der Waals surface area (Å²) in [5.41, 5.74) is 2.70. The van der Waals surface area contributed by atoms with Gasteiger partial charge < -0.3 is 15.0 Å². The third-order valence-electron chi connectivity index (χ3n) is 4.80. The molecule has 2 aromatic heterocycles. The first-order chi connectivity index (χ1) is 14.7. The van der Waals surface area contributed by atoms with E-state index in [1.54, 1.807) is 30.7 Å². The molecule has 6 nitrogen and oxygen atoms in total. The fraction of sp³-hybridized carbons (Fsp3) is 0.292. The summed E-state index contributed by atoms with van der Waals surface area (Å²) >= 11 is 0. The molecule has 1 amide bonds. The zero-order valence-electron chi connectivity index (χ0n) is 17.5. The normalized spacial score (nSPS) is 10.5. The highest BCUT2D eigenvalue weighted by atomic mass is 16.5. The summed E-state index contributed by atoms with van der Waals surface area (Å²) in [5, 5.41) is 2.86. The molecule has 0 fully saturated rings. The van der Waals surface area contributed by atoms with Gasteiger partial charge in [-0.05, 0) is 67.4 Å². The quantitative estimate of drug-likeness (QED) is 0.519. The van der Waals surface area contributed by atoms with Gasteiger partial charge in [0.15, 0.2) is 11.6 Å². The SMILES string of the molecule is CCCCN(CC)c1ccc(C(=O)Nc2ncccc2OCc2ccncc2)cc1. The number of benzene rings is 1. The first-order valence-electron chi connectivity index (χ1n) is 10.3. The number of unbranched alkanes of at least 4 members (excludes halogenated alkanes) is 1. The zero-order valence-corrected chi connectivity index (χ0v) is 17.5. The number of nitrogens with one attached hydrogen (secondary N) is 1. The van der Waals surface area contributed by atoms with Crippen molar-refractivity contribution in [3.63, 3.8) is 0 Å². The third kappa shape index (κ3) is 5.80. The Morgan fingerprint density at radius 1 is 1.03 bits per heavy atom. The highest BCUT2D eigenvalue weighted by Crippen LogP contribution is 2.23. The topological polar surface area (TPSA) is 67.4 Å². The molecule has 0 atom stereocenters. The molecular weight excluding hydrogens is 376 g/mol. The van der Waals surface area contributed by atoms with Gasteiger partial charge in [0.2, 0.25) is 0 Å². The van der Waals surface area contributed by atoms with Crippen LogP contribution >= 0.6 is 0 Å². The summed E-state index contributed by atoms with van der Waals surface area (Å²) in [4.78, 5) is 23.3. The second kappa shape index (κ2) is 11.0. The molecule has 0 aliphatic rings. The minimum atomic E-state index is -0.217. The molecule has 0 spiro atoms. The zero-order chi connectivity index (χ0) is 21.2. The van der Waals surface area contributed by atoms with Crippen LogP contribution < -0.4 is 15.0 Å². The van der Waals surface area contributed by atoms with Gasteiger partial charge in [-0.3, -0.25) is 9.78 Å². The average molecular weight is 405 g/mol. The summed E-state index contributed by atoms with van der Waals surface area (Å²) in [5.74, 6) is 0.709. The summed E-state index contributed by atoms with van der Waals surface area (Å²) in [6.07, 6.45) is 7.38. The van der Waals surface area contributed by atoms with Crippen molar-refractivity contribution in [3.8, 4) is 5.75 Å². The Bertz CT molecular complexity index is 929. The molecule has 0 aliphatic carbocycles. The number of carbonyl (C=O) groups is 1. The molecule has 0 saturated carbocycles. The molecule has 1 N–H and O–H groups in total. The second-order valence-corrected chi connectivity index (χ2v) is 6.93. The molecule has 0 radical (unpaired) electrons. The Balaban J connectivity index is 1.66. The highest BCUT2D eigenvalue weighted by Gasteiger charge is 2.12. The van der Waals surface area contributed by atoms with Gasteiger partial charge in [-0.25, -0.2) is 4.98 Å². The van der Waals surface area contributed by atoms with E-state index in [0.29, 0.717) is 23.7 Å². The van der Waals surface area contributed by atoms with Gasteiger partial charge in [0, 0.05) is 42.9 Å². The van der Waals surface area contributed by atoms with Crippen LogP contribution in [0.5, 0.6) is 5.75 Å². The molecule has 30 heavy (non-hydrogen) atoms. The number of aromatic nitrogens is 2. The lowest BCUT2D eigenvalue weighted by atomic mass is 10.1. The van der Waals surface area contributed by atoms with Gasteiger partial charge in [-0.1, -0.05) is 13.3 Å². The Hall–Kier alpha value is -3.41. The summed E-state index contributed by atoms with van der Waals surface area (Å²) in [7, 11) is 0. The van der Waals surface area contributed by atoms with Crippen LogP contribution in [0.15, 0.2) is 67.1 Å². The Labute approximate surface area is 177 Å². The largest absolute Gasteiger partial charge is 0.485 e. The predicted molar refractivity (Wildman–Crippen MR) is 120 cm³/mol. The summed E-state index contributed by atoms with van der Waals surface area (Å²) in [6, 6.07) is 15.0. The molecule has 3 rings (SSSR count). The van der Waals surface area contributed by atoms with Crippen molar-refractivity contribution < 1.29 is 9.53 Å².